The molecule has 0 radical (unpaired) electrons. The minimum atomic E-state index is 0.651. The Morgan fingerprint density at radius 1 is 1.12 bits per heavy atom. The quantitative estimate of drug-likeness (QED) is 0.844. The number of ether oxygens (including phenoxy) is 2. The second-order valence-electron chi connectivity index (χ2n) is 4.52. The fourth-order valence-electron chi connectivity index (χ4n) is 1.98. The van der Waals surface area contributed by atoms with E-state index in [1.54, 1.807) is 0 Å². The van der Waals surface area contributed by atoms with Crippen LogP contribution in [0.5, 0.6) is 11.5 Å². The van der Waals surface area contributed by atoms with Crippen LogP contribution in [0.3, 0.4) is 0 Å². The summed E-state index contributed by atoms with van der Waals surface area (Å²) in [5.41, 5.74) is 1.13. The summed E-state index contributed by atoms with van der Waals surface area (Å²) in [5, 5.41) is 3.43. The van der Waals surface area contributed by atoms with E-state index in [0.717, 1.165) is 29.6 Å². The lowest BCUT2D eigenvalue weighted by molar-refractivity contribution is 0.171. The number of anilines is 1. The number of hydrogen-bond donors (Lipinski definition) is 1. The topological polar surface area (TPSA) is 30.5 Å². The van der Waals surface area contributed by atoms with Gasteiger partial charge in [0.1, 0.15) is 13.2 Å². The first kappa shape index (κ1) is 9.82. The molecule has 1 aromatic carbocycles. The average Bonchev–Trinajstić information content (AvgIpc) is 3.13. The molecule has 0 bridgehead atoms. The van der Waals surface area contributed by atoms with Crippen LogP contribution in [0.25, 0.3) is 0 Å². The highest BCUT2D eigenvalue weighted by atomic mass is 16.6. The molecule has 1 aliphatic carbocycles. The Bertz CT molecular complexity index is 374. The van der Waals surface area contributed by atoms with Gasteiger partial charge in [-0.15, -0.1) is 0 Å². The number of benzene rings is 1. The molecular formula is C13H17NO2. The summed E-state index contributed by atoms with van der Waals surface area (Å²) >= 11 is 0. The van der Waals surface area contributed by atoms with E-state index in [0.29, 0.717) is 13.2 Å². The van der Waals surface area contributed by atoms with Gasteiger partial charge < -0.3 is 14.8 Å². The third kappa shape index (κ3) is 2.23. The Kier molecular flexibility index (Phi) is 2.60. The van der Waals surface area contributed by atoms with Crippen molar-refractivity contribution in [3.63, 3.8) is 0 Å². The average molecular weight is 219 g/mol. The van der Waals surface area contributed by atoms with Crippen molar-refractivity contribution in [1.29, 1.82) is 0 Å². The van der Waals surface area contributed by atoms with Crippen molar-refractivity contribution in [3.05, 3.63) is 18.2 Å². The highest BCUT2D eigenvalue weighted by Crippen LogP contribution is 2.34. The van der Waals surface area contributed by atoms with Crippen molar-refractivity contribution in [2.75, 3.05) is 25.1 Å². The monoisotopic (exact) mass is 219 g/mol. The highest BCUT2D eigenvalue weighted by Gasteiger charge is 2.20. The molecule has 86 valence electrons. The van der Waals surface area contributed by atoms with Crippen molar-refractivity contribution in [2.45, 2.75) is 19.3 Å². The number of nitrogens with one attached hydrogen (secondary N) is 1. The smallest absolute Gasteiger partial charge is 0.163 e. The third-order valence-electron chi connectivity index (χ3n) is 3.12. The summed E-state index contributed by atoms with van der Waals surface area (Å²) in [6, 6.07) is 6.07. The van der Waals surface area contributed by atoms with Crippen molar-refractivity contribution >= 4 is 5.69 Å². The van der Waals surface area contributed by atoms with Crippen LogP contribution >= 0.6 is 0 Å². The second-order valence-corrected chi connectivity index (χ2v) is 4.52. The molecule has 3 rings (SSSR count). The molecule has 0 atom stereocenters. The van der Waals surface area contributed by atoms with Crippen LogP contribution < -0.4 is 14.8 Å². The van der Waals surface area contributed by atoms with Crippen LogP contribution in [-0.4, -0.2) is 19.8 Å². The maximum Gasteiger partial charge on any atom is 0.163 e. The van der Waals surface area contributed by atoms with E-state index in [-0.39, 0.29) is 0 Å². The zero-order chi connectivity index (χ0) is 10.8. The molecule has 16 heavy (non-hydrogen) atoms. The Labute approximate surface area is 95.8 Å². The predicted molar refractivity (Wildman–Crippen MR) is 63.3 cm³/mol. The van der Waals surface area contributed by atoms with E-state index in [2.05, 4.69) is 11.4 Å². The molecule has 3 heteroatoms. The molecule has 0 spiro atoms. The molecule has 1 N–H and O–H groups in total. The molecule has 0 unspecified atom stereocenters. The van der Waals surface area contributed by atoms with Gasteiger partial charge in [-0.3, -0.25) is 0 Å². The molecule has 2 aliphatic rings. The van der Waals surface area contributed by atoms with Gasteiger partial charge in [0.2, 0.25) is 0 Å². The van der Waals surface area contributed by atoms with Crippen LogP contribution in [0.4, 0.5) is 5.69 Å². The van der Waals surface area contributed by atoms with Crippen LogP contribution in [0.15, 0.2) is 18.2 Å². The molecule has 1 heterocycles. The first-order chi connectivity index (χ1) is 7.92. The van der Waals surface area contributed by atoms with Gasteiger partial charge in [0, 0.05) is 18.3 Å². The molecule has 1 aliphatic heterocycles. The van der Waals surface area contributed by atoms with Crippen molar-refractivity contribution in [2.24, 2.45) is 5.92 Å². The minimum Gasteiger partial charge on any atom is -0.486 e. The zero-order valence-corrected chi connectivity index (χ0v) is 9.37. The van der Waals surface area contributed by atoms with Gasteiger partial charge in [0.05, 0.1) is 0 Å². The van der Waals surface area contributed by atoms with E-state index in [1.807, 2.05) is 12.1 Å². The van der Waals surface area contributed by atoms with Crippen LogP contribution in [0.2, 0.25) is 0 Å². The molecule has 1 saturated carbocycles. The largest absolute Gasteiger partial charge is 0.486 e. The predicted octanol–water partition coefficient (Wildman–Crippen LogP) is 2.67. The van der Waals surface area contributed by atoms with Gasteiger partial charge in [-0.05, 0) is 24.5 Å². The van der Waals surface area contributed by atoms with Gasteiger partial charge in [-0.1, -0.05) is 12.8 Å². The summed E-state index contributed by atoms with van der Waals surface area (Å²) in [4.78, 5) is 0. The van der Waals surface area contributed by atoms with E-state index < -0.39 is 0 Å². The van der Waals surface area contributed by atoms with Crippen molar-refractivity contribution in [1.82, 2.24) is 0 Å². The van der Waals surface area contributed by atoms with E-state index in [9.17, 15) is 0 Å². The molecule has 0 saturated heterocycles. The Morgan fingerprint density at radius 2 is 1.94 bits per heavy atom. The molecule has 1 aromatic rings. The van der Waals surface area contributed by atoms with Gasteiger partial charge in [0.25, 0.3) is 0 Å². The van der Waals surface area contributed by atoms with Gasteiger partial charge in [0.15, 0.2) is 11.5 Å². The summed E-state index contributed by atoms with van der Waals surface area (Å²) in [5.74, 6) is 2.70. The molecular weight excluding hydrogens is 202 g/mol. The Balaban J connectivity index is 1.60. The van der Waals surface area contributed by atoms with Crippen molar-refractivity contribution < 1.29 is 9.47 Å². The highest BCUT2D eigenvalue weighted by molar-refractivity contribution is 5.55. The van der Waals surface area contributed by atoms with E-state index in [4.69, 9.17) is 9.47 Å². The number of fused-ring (bicyclic) bond motifs is 1. The van der Waals surface area contributed by atoms with Crippen LogP contribution in [0.1, 0.15) is 19.3 Å². The third-order valence-corrected chi connectivity index (χ3v) is 3.12. The fraction of sp³-hybridized carbons (Fsp3) is 0.538. The number of hydrogen-bond acceptors (Lipinski definition) is 3. The SMILES string of the molecule is c1cc2c(cc1NCCC1CC1)OCCO2. The van der Waals surface area contributed by atoms with Crippen LogP contribution in [0, 0.1) is 5.92 Å². The normalized spacial score (nSPS) is 18.2. The molecule has 1 fully saturated rings. The fourth-order valence-corrected chi connectivity index (χ4v) is 1.98. The van der Waals surface area contributed by atoms with Gasteiger partial charge in [-0.25, -0.2) is 0 Å². The maximum atomic E-state index is 5.54. The second kappa shape index (κ2) is 4.24. The summed E-state index contributed by atoms with van der Waals surface area (Å²) < 4.78 is 11.0. The first-order valence-electron chi connectivity index (χ1n) is 6.05. The summed E-state index contributed by atoms with van der Waals surface area (Å²) in [6.07, 6.45) is 4.13. The lowest BCUT2D eigenvalue weighted by atomic mass is 10.2. The Hall–Kier alpha value is -1.38. The standard InChI is InChI=1S/C13H17NO2/c1-2-10(1)5-6-14-11-3-4-12-13(9-11)16-8-7-15-12/h3-4,9-10,14H,1-2,5-8H2. The summed E-state index contributed by atoms with van der Waals surface area (Å²) in [7, 11) is 0. The molecule has 3 nitrogen and oxygen atoms in total. The van der Waals surface area contributed by atoms with Crippen LogP contribution in [-0.2, 0) is 0 Å². The number of rotatable bonds is 4. The Morgan fingerprint density at radius 3 is 2.75 bits per heavy atom. The van der Waals surface area contributed by atoms with Gasteiger partial charge in [-0.2, -0.15) is 0 Å². The molecule has 0 amide bonds. The molecule has 0 aromatic heterocycles. The maximum absolute atomic E-state index is 5.54. The lowest BCUT2D eigenvalue weighted by Gasteiger charge is -2.19. The first-order valence-corrected chi connectivity index (χ1v) is 6.05. The zero-order valence-electron chi connectivity index (χ0n) is 9.37. The minimum absolute atomic E-state index is 0.651. The van der Waals surface area contributed by atoms with Gasteiger partial charge >= 0.3 is 0 Å². The van der Waals surface area contributed by atoms with Crippen molar-refractivity contribution in [3.8, 4) is 11.5 Å². The van der Waals surface area contributed by atoms with E-state index in [1.165, 1.54) is 19.3 Å². The van der Waals surface area contributed by atoms with E-state index >= 15 is 0 Å². The lowest BCUT2D eigenvalue weighted by Crippen LogP contribution is -2.15. The summed E-state index contributed by atoms with van der Waals surface area (Å²) in [6.45, 7) is 2.37.